The second kappa shape index (κ2) is 6.10. The highest BCUT2D eigenvalue weighted by Crippen LogP contribution is 2.19. The van der Waals surface area contributed by atoms with Gasteiger partial charge >= 0.3 is 11.7 Å². The number of nitrogens with zero attached hydrogens (tertiary/aromatic N) is 2. The van der Waals surface area contributed by atoms with Crippen molar-refractivity contribution in [3.63, 3.8) is 0 Å². The first-order valence-corrected chi connectivity index (χ1v) is 7.07. The molecule has 3 aromatic rings. The number of carboxylic acid groups (broad SMARTS) is 1. The third-order valence-electron chi connectivity index (χ3n) is 3.33. The van der Waals surface area contributed by atoms with E-state index in [9.17, 15) is 9.59 Å². The predicted molar refractivity (Wildman–Crippen MR) is 83.7 cm³/mol. The summed E-state index contributed by atoms with van der Waals surface area (Å²) < 4.78 is 6.12. The van der Waals surface area contributed by atoms with Crippen LogP contribution in [-0.2, 0) is 6.54 Å². The zero-order valence-electron chi connectivity index (χ0n) is 11.8. The Hall–Kier alpha value is -2.86. The number of carboxylic acids is 1. The minimum absolute atomic E-state index is 0.185. The molecular weight excluding hydrogens is 320 g/mol. The average Bonchev–Trinajstić information content (AvgIpc) is 2.90. The lowest BCUT2D eigenvalue weighted by atomic mass is 10.1. The van der Waals surface area contributed by atoms with Gasteiger partial charge in [0.1, 0.15) is 0 Å². The summed E-state index contributed by atoms with van der Waals surface area (Å²) in [5.41, 5.74) is 1.64. The second-order valence-corrected chi connectivity index (χ2v) is 5.30. The van der Waals surface area contributed by atoms with Crippen LogP contribution in [-0.4, -0.2) is 20.8 Å². The van der Waals surface area contributed by atoms with Crippen LogP contribution in [0.4, 0.5) is 0 Å². The Morgan fingerprint density at radius 3 is 2.39 bits per heavy atom. The molecule has 0 saturated heterocycles. The van der Waals surface area contributed by atoms with Gasteiger partial charge in [-0.05, 0) is 42.0 Å². The zero-order valence-corrected chi connectivity index (χ0v) is 12.5. The van der Waals surface area contributed by atoms with E-state index in [0.29, 0.717) is 16.4 Å². The standard InChI is InChI=1S/C16H11ClN2O4/c17-13-7-5-11(6-8-13)14-18-23-16(22)19(14)9-10-1-3-12(4-2-10)15(20)21/h1-8H,9H2,(H,20,21). The van der Waals surface area contributed by atoms with E-state index < -0.39 is 11.7 Å². The zero-order chi connectivity index (χ0) is 16.4. The van der Waals surface area contributed by atoms with Crippen molar-refractivity contribution in [3.8, 4) is 11.4 Å². The van der Waals surface area contributed by atoms with E-state index in [1.807, 2.05) is 0 Å². The van der Waals surface area contributed by atoms with Gasteiger partial charge in [-0.2, -0.15) is 0 Å². The Bertz CT molecular complexity index is 895. The van der Waals surface area contributed by atoms with E-state index in [-0.39, 0.29) is 12.1 Å². The van der Waals surface area contributed by atoms with Crippen LogP contribution in [0.3, 0.4) is 0 Å². The molecule has 0 aliphatic rings. The number of benzene rings is 2. The van der Waals surface area contributed by atoms with Gasteiger partial charge in [-0.25, -0.2) is 9.59 Å². The van der Waals surface area contributed by atoms with Gasteiger partial charge in [0, 0.05) is 10.6 Å². The molecule has 0 bridgehead atoms. The third-order valence-corrected chi connectivity index (χ3v) is 3.58. The van der Waals surface area contributed by atoms with Gasteiger partial charge in [0.25, 0.3) is 0 Å². The largest absolute Gasteiger partial charge is 0.478 e. The van der Waals surface area contributed by atoms with Crippen LogP contribution in [0.2, 0.25) is 5.02 Å². The smallest absolute Gasteiger partial charge is 0.442 e. The van der Waals surface area contributed by atoms with E-state index in [4.69, 9.17) is 21.2 Å². The number of hydrogen-bond acceptors (Lipinski definition) is 4. The van der Waals surface area contributed by atoms with Gasteiger partial charge in [-0.3, -0.25) is 9.09 Å². The van der Waals surface area contributed by atoms with E-state index in [1.54, 1.807) is 36.4 Å². The first-order valence-electron chi connectivity index (χ1n) is 6.69. The summed E-state index contributed by atoms with van der Waals surface area (Å²) in [7, 11) is 0. The van der Waals surface area contributed by atoms with Crippen molar-refractivity contribution >= 4 is 17.6 Å². The summed E-state index contributed by atoms with van der Waals surface area (Å²) >= 11 is 5.85. The molecule has 6 nitrogen and oxygen atoms in total. The molecule has 0 radical (unpaired) electrons. The number of aromatic nitrogens is 2. The van der Waals surface area contributed by atoms with Crippen molar-refractivity contribution < 1.29 is 14.4 Å². The Labute approximate surface area is 135 Å². The molecular formula is C16H11ClN2O4. The molecule has 0 amide bonds. The maximum atomic E-state index is 11.9. The summed E-state index contributed by atoms with van der Waals surface area (Å²) in [6.45, 7) is 0.222. The van der Waals surface area contributed by atoms with Crippen molar-refractivity contribution in [1.29, 1.82) is 0 Å². The topological polar surface area (TPSA) is 85.3 Å². The lowest BCUT2D eigenvalue weighted by Gasteiger charge is -2.05. The normalized spacial score (nSPS) is 10.7. The fourth-order valence-corrected chi connectivity index (χ4v) is 2.28. The van der Waals surface area contributed by atoms with Gasteiger partial charge in [-0.1, -0.05) is 28.9 Å². The number of aromatic carboxylic acids is 1. The summed E-state index contributed by atoms with van der Waals surface area (Å²) in [5, 5.41) is 13.3. The monoisotopic (exact) mass is 330 g/mol. The molecule has 0 saturated carbocycles. The molecule has 23 heavy (non-hydrogen) atoms. The van der Waals surface area contributed by atoms with Crippen LogP contribution in [0, 0.1) is 0 Å². The quantitative estimate of drug-likeness (QED) is 0.795. The molecule has 0 fully saturated rings. The highest BCUT2D eigenvalue weighted by atomic mass is 35.5. The highest BCUT2D eigenvalue weighted by molar-refractivity contribution is 6.30. The van der Waals surface area contributed by atoms with Crippen molar-refractivity contribution in [2.45, 2.75) is 6.54 Å². The van der Waals surface area contributed by atoms with Gasteiger partial charge in [0.15, 0.2) is 5.82 Å². The van der Waals surface area contributed by atoms with Crippen LogP contribution >= 0.6 is 11.6 Å². The van der Waals surface area contributed by atoms with E-state index >= 15 is 0 Å². The molecule has 0 aliphatic carbocycles. The first-order chi connectivity index (χ1) is 11.0. The van der Waals surface area contributed by atoms with Crippen LogP contribution in [0.1, 0.15) is 15.9 Å². The molecule has 0 atom stereocenters. The summed E-state index contributed by atoms with van der Waals surface area (Å²) in [6, 6.07) is 13.1. The molecule has 1 N–H and O–H groups in total. The Morgan fingerprint density at radius 2 is 1.78 bits per heavy atom. The molecule has 2 aromatic carbocycles. The van der Waals surface area contributed by atoms with Crippen LogP contribution in [0.15, 0.2) is 57.8 Å². The van der Waals surface area contributed by atoms with Crippen molar-refractivity contribution in [2.75, 3.05) is 0 Å². The lowest BCUT2D eigenvalue weighted by molar-refractivity contribution is 0.0697. The minimum Gasteiger partial charge on any atom is -0.478 e. The van der Waals surface area contributed by atoms with Gasteiger partial charge in [0.05, 0.1) is 12.1 Å². The fraction of sp³-hybridized carbons (Fsp3) is 0.0625. The fourth-order valence-electron chi connectivity index (χ4n) is 2.15. The Kier molecular flexibility index (Phi) is 3.99. The molecule has 7 heteroatoms. The van der Waals surface area contributed by atoms with Crippen LogP contribution in [0.25, 0.3) is 11.4 Å². The predicted octanol–water partition coefficient (Wildman–Crippen LogP) is 2.90. The first kappa shape index (κ1) is 15.1. The molecule has 1 heterocycles. The molecule has 0 spiro atoms. The van der Waals surface area contributed by atoms with Gasteiger partial charge in [-0.15, -0.1) is 0 Å². The third kappa shape index (κ3) is 3.17. The summed E-state index contributed by atoms with van der Waals surface area (Å²) in [4.78, 5) is 22.7. The maximum Gasteiger partial charge on any atom is 0.442 e. The molecule has 0 unspecified atom stereocenters. The number of rotatable bonds is 4. The number of halogens is 1. The summed E-state index contributed by atoms with van der Waals surface area (Å²) in [6.07, 6.45) is 0. The molecule has 1 aromatic heterocycles. The molecule has 116 valence electrons. The van der Waals surface area contributed by atoms with Gasteiger partial charge in [0.2, 0.25) is 0 Å². The van der Waals surface area contributed by atoms with Crippen molar-refractivity contribution in [3.05, 3.63) is 75.2 Å². The second-order valence-electron chi connectivity index (χ2n) is 4.87. The lowest BCUT2D eigenvalue weighted by Crippen LogP contribution is -2.16. The Balaban J connectivity index is 1.94. The SMILES string of the molecule is O=C(O)c1ccc(Cn2c(-c3ccc(Cl)cc3)noc2=O)cc1. The van der Waals surface area contributed by atoms with Crippen molar-refractivity contribution in [2.24, 2.45) is 0 Å². The van der Waals surface area contributed by atoms with Crippen molar-refractivity contribution in [1.82, 2.24) is 9.72 Å². The molecule has 0 aliphatic heterocycles. The van der Waals surface area contributed by atoms with Gasteiger partial charge < -0.3 is 5.11 Å². The minimum atomic E-state index is -0.999. The maximum absolute atomic E-state index is 11.9. The molecule has 3 rings (SSSR count). The summed E-state index contributed by atoms with van der Waals surface area (Å²) in [5.74, 6) is -1.20. The van der Waals surface area contributed by atoms with E-state index in [1.165, 1.54) is 16.7 Å². The van der Waals surface area contributed by atoms with Crippen LogP contribution in [0.5, 0.6) is 0 Å². The Morgan fingerprint density at radius 1 is 1.13 bits per heavy atom. The highest BCUT2D eigenvalue weighted by Gasteiger charge is 2.13. The number of carbonyl (C=O) groups is 1. The van der Waals surface area contributed by atoms with E-state index in [0.717, 1.165) is 5.56 Å². The van der Waals surface area contributed by atoms with E-state index in [2.05, 4.69) is 5.16 Å². The van der Waals surface area contributed by atoms with Crippen LogP contribution < -0.4 is 5.76 Å². The number of hydrogen-bond donors (Lipinski definition) is 1. The average molecular weight is 331 g/mol.